The van der Waals surface area contributed by atoms with Crippen LogP contribution in [0.2, 0.25) is 5.02 Å². The van der Waals surface area contributed by atoms with Gasteiger partial charge >= 0.3 is 0 Å². The molecule has 0 unspecified atom stereocenters. The highest BCUT2D eigenvalue weighted by Gasteiger charge is 2.24. The molecule has 150 valence electrons. The molecule has 0 spiro atoms. The van der Waals surface area contributed by atoms with Crippen molar-refractivity contribution in [3.8, 4) is 16.9 Å². The quantitative estimate of drug-likeness (QED) is 0.290. The van der Waals surface area contributed by atoms with E-state index in [1.807, 2.05) is 47.1 Å². The number of aromatic nitrogens is 2. The Morgan fingerprint density at radius 1 is 0.613 bits per heavy atom. The third-order valence-electron chi connectivity index (χ3n) is 5.46. The minimum Gasteiger partial charge on any atom is -0.240 e. The molecule has 5 rings (SSSR count). The number of hydrogen-bond acceptors (Lipinski definition) is 1. The fraction of sp³-hybridized carbons (Fsp3) is 0.0357. The smallest absolute Gasteiger partial charge is 0.0969 e. The van der Waals surface area contributed by atoms with Crippen LogP contribution >= 0.6 is 11.6 Å². The molecule has 0 amide bonds. The predicted molar refractivity (Wildman–Crippen MR) is 128 cm³/mol. The zero-order chi connectivity index (χ0) is 21.0. The number of para-hydroxylation sites is 1. The summed E-state index contributed by atoms with van der Waals surface area (Å²) in [7, 11) is 0. The van der Waals surface area contributed by atoms with Crippen molar-refractivity contribution in [2.24, 2.45) is 0 Å². The second kappa shape index (κ2) is 8.63. The summed E-state index contributed by atoms with van der Waals surface area (Å²) in [6.45, 7) is 0. The second-order valence-electron chi connectivity index (χ2n) is 7.47. The zero-order valence-electron chi connectivity index (χ0n) is 16.9. The van der Waals surface area contributed by atoms with E-state index in [4.69, 9.17) is 16.7 Å². The first kappa shape index (κ1) is 19.3. The van der Waals surface area contributed by atoms with Gasteiger partial charge in [0.1, 0.15) is 0 Å². The van der Waals surface area contributed by atoms with Crippen LogP contribution in [0, 0.1) is 0 Å². The number of benzene rings is 4. The van der Waals surface area contributed by atoms with E-state index in [9.17, 15) is 0 Å². The Morgan fingerprint density at radius 3 is 1.68 bits per heavy atom. The molecule has 4 aromatic carbocycles. The maximum atomic E-state index is 6.17. The van der Waals surface area contributed by atoms with Gasteiger partial charge in [-0.2, -0.15) is 5.10 Å². The van der Waals surface area contributed by atoms with E-state index < -0.39 is 0 Å². The molecule has 5 aromatic rings. The third-order valence-corrected chi connectivity index (χ3v) is 5.71. The van der Waals surface area contributed by atoms with E-state index >= 15 is 0 Å². The van der Waals surface area contributed by atoms with Crippen molar-refractivity contribution >= 4 is 11.6 Å². The van der Waals surface area contributed by atoms with Crippen molar-refractivity contribution < 1.29 is 0 Å². The van der Waals surface area contributed by atoms with Crippen LogP contribution in [-0.2, 0) is 0 Å². The highest BCUT2D eigenvalue weighted by molar-refractivity contribution is 6.30. The summed E-state index contributed by atoms with van der Waals surface area (Å²) in [5.41, 5.74) is 6.66. The molecule has 2 nitrogen and oxygen atoms in total. The molecule has 31 heavy (non-hydrogen) atoms. The average Bonchev–Trinajstić information content (AvgIpc) is 3.27. The predicted octanol–water partition coefficient (Wildman–Crippen LogP) is 7.37. The molecule has 0 saturated carbocycles. The van der Waals surface area contributed by atoms with Gasteiger partial charge in [-0.15, -0.1) is 0 Å². The number of rotatable bonds is 5. The Hall–Kier alpha value is -3.62. The van der Waals surface area contributed by atoms with Crippen molar-refractivity contribution in [3.05, 3.63) is 143 Å². The maximum absolute atomic E-state index is 6.17. The van der Waals surface area contributed by atoms with Crippen molar-refractivity contribution in [1.82, 2.24) is 9.78 Å². The Labute approximate surface area is 187 Å². The summed E-state index contributed by atoms with van der Waals surface area (Å²) in [5, 5.41) is 5.74. The summed E-state index contributed by atoms with van der Waals surface area (Å²) in [6, 6.07) is 39.4. The van der Waals surface area contributed by atoms with Crippen molar-refractivity contribution in [1.29, 1.82) is 0 Å². The molecule has 0 aliphatic carbocycles. The fourth-order valence-corrected chi connectivity index (χ4v) is 4.11. The first-order chi connectivity index (χ1) is 15.3. The lowest BCUT2D eigenvalue weighted by Gasteiger charge is -2.18. The molecular formula is C28H21ClN2. The molecule has 3 heteroatoms. The third kappa shape index (κ3) is 4.03. The monoisotopic (exact) mass is 420 g/mol. The molecular weight excluding hydrogens is 400 g/mol. The minimum absolute atomic E-state index is 0.0607. The zero-order valence-corrected chi connectivity index (χ0v) is 17.7. The van der Waals surface area contributed by atoms with Crippen LogP contribution in [0.4, 0.5) is 0 Å². The molecule has 0 aliphatic rings. The van der Waals surface area contributed by atoms with Crippen LogP contribution in [0.25, 0.3) is 16.9 Å². The van der Waals surface area contributed by atoms with Gasteiger partial charge in [-0.25, -0.2) is 4.68 Å². The summed E-state index contributed by atoms with van der Waals surface area (Å²) < 4.78 is 1.97. The highest BCUT2D eigenvalue weighted by Crippen LogP contribution is 2.38. The molecule has 0 saturated heterocycles. The lowest BCUT2D eigenvalue weighted by Crippen LogP contribution is -2.04. The van der Waals surface area contributed by atoms with Crippen molar-refractivity contribution in [2.75, 3.05) is 0 Å². The second-order valence-corrected chi connectivity index (χ2v) is 7.91. The Morgan fingerprint density at radius 2 is 1.13 bits per heavy atom. The van der Waals surface area contributed by atoms with E-state index in [2.05, 4.69) is 79.0 Å². The molecule has 0 atom stereocenters. The van der Waals surface area contributed by atoms with E-state index in [1.165, 1.54) is 11.1 Å². The summed E-state index contributed by atoms with van der Waals surface area (Å²) in [4.78, 5) is 0. The molecule has 0 N–H and O–H groups in total. The Kier molecular flexibility index (Phi) is 5.39. The van der Waals surface area contributed by atoms with E-state index in [0.717, 1.165) is 27.5 Å². The van der Waals surface area contributed by atoms with Gasteiger partial charge in [-0.3, -0.25) is 0 Å². The fourth-order valence-electron chi connectivity index (χ4n) is 3.99. The first-order valence-corrected chi connectivity index (χ1v) is 10.7. The molecule has 0 fully saturated rings. The van der Waals surface area contributed by atoms with Gasteiger partial charge in [-0.1, -0.05) is 103 Å². The van der Waals surface area contributed by atoms with E-state index in [0.29, 0.717) is 0 Å². The van der Waals surface area contributed by atoms with Gasteiger partial charge in [0.05, 0.1) is 11.4 Å². The topological polar surface area (TPSA) is 17.8 Å². The van der Waals surface area contributed by atoms with Gasteiger partial charge in [0.25, 0.3) is 0 Å². The van der Waals surface area contributed by atoms with Gasteiger partial charge in [0, 0.05) is 28.3 Å². The van der Waals surface area contributed by atoms with Gasteiger partial charge in [-0.05, 0) is 35.4 Å². The summed E-state index contributed by atoms with van der Waals surface area (Å²) in [6.07, 6.45) is 2.16. The van der Waals surface area contributed by atoms with Crippen molar-refractivity contribution in [3.63, 3.8) is 0 Å². The normalized spacial score (nSPS) is 11.0. The van der Waals surface area contributed by atoms with Gasteiger partial charge in [0.2, 0.25) is 0 Å². The van der Waals surface area contributed by atoms with Crippen LogP contribution < -0.4 is 0 Å². The lowest BCUT2D eigenvalue weighted by molar-refractivity contribution is 0.881. The van der Waals surface area contributed by atoms with E-state index in [1.54, 1.807) is 0 Å². The lowest BCUT2D eigenvalue weighted by atomic mass is 9.84. The first-order valence-electron chi connectivity index (χ1n) is 10.3. The molecule has 0 aliphatic heterocycles. The average molecular weight is 421 g/mol. The standard InChI is InChI=1S/C28H21ClN2/c29-24-18-16-23(17-19-24)28-26(20-31(30-28)25-14-8-3-9-15-25)27(21-10-4-1-5-11-21)22-12-6-2-7-13-22/h1-20,27H. The van der Waals surface area contributed by atoms with Crippen LogP contribution in [0.1, 0.15) is 22.6 Å². The van der Waals surface area contributed by atoms with Gasteiger partial charge < -0.3 is 0 Å². The largest absolute Gasteiger partial charge is 0.240 e. The Bertz CT molecular complexity index is 1220. The van der Waals surface area contributed by atoms with Crippen LogP contribution in [0.15, 0.2) is 121 Å². The van der Waals surface area contributed by atoms with Crippen LogP contribution in [0.3, 0.4) is 0 Å². The SMILES string of the molecule is Clc1ccc(-c2nn(-c3ccccc3)cc2C(c2ccccc2)c2ccccc2)cc1. The van der Waals surface area contributed by atoms with Gasteiger partial charge in [0.15, 0.2) is 0 Å². The van der Waals surface area contributed by atoms with E-state index in [-0.39, 0.29) is 5.92 Å². The molecule has 1 heterocycles. The number of nitrogens with zero attached hydrogens (tertiary/aromatic N) is 2. The molecule has 1 aromatic heterocycles. The molecule has 0 radical (unpaired) electrons. The highest BCUT2D eigenvalue weighted by atomic mass is 35.5. The minimum atomic E-state index is 0.0607. The van der Waals surface area contributed by atoms with Crippen LogP contribution in [0.5, 0.6) is 0 Å². The summed E-state index contributed by atoms with van der Waals surface area (Å²) in [5.74, 6) is 0.0607. The maximum Gasteiger partial charge on any atom is 0.0969 e. The molecule has 0 bridgehead atoms. The number of halogens is 1. The number of hydrogen-bond donors (Lipinski definition) is 0. The summed E-state index contributed by atoms with van der Waals surface area (Å²) >= 11 is 6.17. The van der Waals surface area contributed by atoms with Crippen LogP contribution in [-0.4, -0.2) is 9.78 Å². The Balaban J connectivity index is 1.75. The van der Waals surface area contributed by atoms with Crippen molar-refractivity contribution in [2.45, 2.75) is 5.92 Å².